The molecule has 8 heteroatoms. The second kappa shape index (κ2) is 8.32. The number of carbonyl (C=O) groups is 1. The van der Waals surface area contributed by atoms with Gasteiger partial charge >= 0.3 is 5.97 Å². The number of nitrogens with zero attached hydrogens (tertiary/aromatic N) is 2. The highest BCUT2D eigenvalue weighted by Crippen LogP contribution is 2.44. The van der Waals surface area contributed by atoms with Crippen LogP contribution in [0.1, 0.15) is 34.8 Å². The minimum Gasteiger partial charge on any atom is -0.478 e. The molecule has 1 aliphatic heterocycles. The molecule has 2 aromatic heterocycles. The van der Waals surface area contributed by atoms with Crippen molar-refractivity contribution in [2.24, 2.45) is 0 Å². The van der Waals surface area contributed by atoms with Gasteiger partial charge in [0, 0.05) is 46.8 Å². The van der Waals surface area contributed by atoms with E-state index in [1.807, 2.05) is 12.1 Å². The lowest BCUT2D eigenvalue weighted by Crippen LogP contribution is -2.17. The molecule has 1 saturated heterocycles. The van der Waals surface area contributed by atoms with Crippen LogP contribution < -0.4 is 0 Å². The van der Waals surface area contributed by atoms with Crippen LogP contribution in [0.3, 0.4) is 0 Å². The summed E-state index contributed by atoms with van der Waals surface area (Å²) in [5.74, 6) is -2.33. The summed E-state index contributed by atoms with van der Waals surface area (Å²) in [6, 6.07) is 14.5. The Morgan fingerprint density at radius 3 is 2.54 bits per heavy atom. The number of benzene rings is 3. The quantitative estimate of drug-likeness (QED) is 0.333. The van der Waals surface area contributed by atoms with Gasteiger partial charge in [-0.15, -0.1) is 0 Å². The largest absolute Gasteiger partial charge is 0.478 e. The minimum absolute atomic E-state index is 0.106. The van der Waals surface area contributed by atoms with Crippen molar-refractivity contribution in [3.63, 3.8) is 0 Å². The van der Waals surface area contributed by atoms with Crippen molar-refractivity contribution in [3.05, 3.63) is 83.7 Å². The average molecular weight is 473 g/mol. The van der Waals surface area contributed by atoms with Gasteiger partial charge in [0.05, 0.1) is 22.8 Å². The Balaban J connectivity index is 1.73. The third-order valence-corrected chi connectivity index (χ3v) is 6.74. The lowest BCUT2D eigenvalue weighted by Gasteiger charge is -2.26. The van der Waals surface area contributed by atoms with Crippen molar-refractivity contribution in [2.75, 3.05) is 13.2 Å². The molecule has 35 heavy (non-hydrogen) atoms. The van der Waals surface area contributed by atoms with Crippen LogP contribution in [0.15, 0.2) is 60.8 Å². The topological polar surface area (TPSA) is 80.1 Å². The SMILES string of the molecule is O=C(O)c1ccc(-c2c(C3CCOCC3)n(-c3ccc(F)cc3)c3cc4cn[nH]c4cc23)cc1F. The second-order valence-corrected chi connectivity index (χ2v) is 8.79. The molecule has 6 rings (SSSR count). The third-order valence-electron chi connectivity index (χ3n) is 6.74. The normalized spacial score (nSPS) is 14.7. The van der Waals surface area contributed by atoms with Gasteiger partial charge in [0.2, 0.25) is 0 Å². The Labute approximate surface area is 198 Å². The monoisotopic (exact) mass is 473 g/mol. The Kier molecular flexibility index (Phi) is 5.11. The highest BCUT2D eigenvalue weighted by molar-refractivity contribution is 6.06. The predicted octanol–water partition coefficient (Wildman–Crippen LogP) is 6.04. The summed E-state index contributed by atoms with van der Waals surface area (Å²) in [7, 11) is 0. The number of halogens is 2. The number of carboxylic acid groups (broad SMARTS) is 1. The zero-order chi connectivity index (χ0) is 24.1. The Morgan fingerprint density at radius 2 is 1.83 bits per heavy atom. The third kappa shape index (κ3) is 3.57. The molecule has 5 aromatic rings. The zero-order valence-electron chi connectivity index (χ0n) is 18.6. The van der Waals surface area contributed by atoms with Gasteiger partial charge in [0.15, 0.2) is 0 Å². The maximum atomic E-state index is 14.9. The summed E-state index contributed by atoms with van der Waals surface area (Å²) in [5.41, 5.74) is 4.50. The number of aromatic nitrogens is 3. The summed E-state index contributed by atoms with van der Waals surface area (Å²) in [6.07, 6.45) is 3.30. The molecule has 0 saturated carbocycles. The highest BCUT2D eigenvalue weighted by atomic mass is 19.1. The van der Waals surface area contributed by atoms with Gasteiger partial charge in [0.25, 0.3) is 0 Å². The first-order valence-electron chi connectivity index (χ1n) is 11.4. The number of hydrogen-bond donors (Lipinski definition) is 2. The average Bonchev–Trinajstić information content (AvgIpc) is 3.45. The van der Waals surface area contributed by atoms with Gasteiger partial charge in [-0.1, -0.05) is 6.07 Å². The molecule has 0 unspecified atom stereocenters. The van der Waals surface area contributed by atoms with Crippen LogP contribution >= 0.6 is 0 Å². The minimum atomic E-state index is -1.31. The molecule has 0 bridgehead atoms. The molecular formula is C27H21F2N3O3. The van der Waals surface area contributed by atoms with Gasteiger partial charge in [-0.05, 0) is 66.9 Å². The molecule has 2 N–H and O–H groups in total. The van der Waals surface area contributed by atoms with Crippen molar-refractivity contribution < 1.29 is 23.4 Å². The fraction of sp³-hybridized carbons (Fsp3) is 0.185. The molecule has 0 amide bonds. The summed E-state index contributed by atoms with van der Waals surface area (Å²) >= 11 is 0. The van der Waals surface area contributed by atoms with Gasteiger partial charge in [0.1, 0.15) is 11.6 Å². The first-order chi connectivity index (χ1) is 17.0. The molecular weight excluding hydrogens is 452 g/mol. The number of fused-ring (bicyclic) bond motifs is 2. The molecule has 0 atom stereocenters. The lowest BCUT2D eigenvalue weighted by atomic mass is 9.89. The molecule has 3 heterocycles. The number of H-pyrrole nitrogens is 1. The first kappa shape index (κ1) is 21.5. The van der Waals surface area contributed by atoms with Crippen LogP contribution in [0.25, 0.3) is 38.6 Å². The highest BCUT2D eigenvalue weighted by Gasteiger charge is 2.29. The Hall–Kier alpha value is -4.04. The lowest BCUT2D eigenvalue weighted by molar-refractivity contribution is 0.0692. The summed E-state index contributed by atoms with van der Waals surface area (Å²) in [6.45, 7) is 1.21. The van der Waals surface area contributed by atoms with Crippen molar-refractivity contribution in [1.82, 2.24) is 14.8 Å². The van der Waals surface area contributed by atoms with Crippen LogP contribution in [-0.2, 0) is 4.74 Å². The number of nitrogens with one attached hydrogen (secondary N) is 1. The standard InChI is InChI=1S/C27H21F2N3O3/c28-18-2-4-19(5-3-18)32-24-12-17-14-30-31-23(17)13-21(24)25(26(32)15-7-9-35-10-8-15)16-1-6-20(27(33)34)22(29)11-16/h1-6,11-15H,7-10H2,(H,30,31)(H,33,34). The van der Waals surface area contributed by atoms with E-state index in [1.165, 1.54) is 24.3 Å². The van der Waals surface area contributed by atoms with Crippen LogP contribution in [0, 0.1) is 11.6 Å². The van der Waals surface area contributed by atoms with E-state index in [4.69, 9.17) is 4.74 Å². The summed E-state index contributed by atoms with van der Waals surface area (Å²) < 4.78 is 36.4. The molecule has 1 fully saturated rings. The van der Waals surface area contributed by atoms with Crippen LogP contribution in [-0.4, -0.2) is 39.1 Å². The van der Waals surface area contributed by atoms with E-state index < -0.39 is 11.8 Å². The summed E-state index contributed by atoms with van der Waals surface area (Å²) in [4.78, 5) is 11.4. The molecule has 0 spiro atoms. The first-order valence-corrected chi connectivity index (χ1v) is 11.4. The predicted molar refractivity (Wildman–Crippen MR) is 128 cm³/mol. The maximum Gasteiger partial charge on any atom is 0.338 e. The molecule has 176 valence electrons. The summed E-state index contributed by atoms with van der Waals surface area (Å²) in [5, 5.41) is 18.3. The maximum absolute atomic E-state index is 14.9. The number of hydrogen-bond acceptors (Lipinski definition) is 3. The van der Waals surface area contributed by atoms with Crippen molar-refractivity contribution in [1.29, 1.82) is 0 Å². The molecule has 3 aromatic carbocycles. The van der Waals surface area contributed by atoms with E-state index in [9.17, 15) is 18.7 Å². The van der Waals surface area contributed by atoms with E-state index in [0.717, 1.165) is 51.6 Å². The van der Waals surface area contributed by atoms with Crippen molar-refractivity contribution in [2.45, 2.75) is 18.8 Å². The van der Waals surface area contributed by atoms with Gasteiger partial charge in [-0.2, -0.15) is 5.10 Å². The fourth-order valence-corrected chi connectivity index (χ4v) is 5.12. The van der Waals surface area contributed by atoms with E-state index in [-0.39, 0.29) is 17.3 Å². The second-order valence-electron chi connectivity index (χ2n) is 8.79. The van der Waals surface area contributed by atoms with E-state index in [2.05, 4.69) is 14.8 Å². The number of aromatic carboxylic acids is 1. The molecule has 1 aliphatic rings. The van der Waals surface area contributed by atoms with E-state index >= 15 is 0 Å². The Morgan fingerprint density at radius 1 is 1.06 bits per heavy atom. The number of aromatic amines is 1. The van der Waals surface area contributed by atoms with Crippen LogP contribution in [0.5, 0.6) is 0 Å². The molecule has 6 nitrogen and oxygen atoms in total. The van der Waals surface area contributed by atoms with Crippen molar-refractivity contribution >= 4 is 27.8 Å². The van der Waals surface area contributed by atoms with Crippen LogP contribution in [0.4, 0.5) is 8.78 Å². The zero-order valence-corrected chi connectivity index (χ0v) is 18.6. The van der Waals surface area contributed by atoms with Crippen LogP contribution in [0.2, 0.25) is 0 Å². The number of carboxylic acids is 1. The Bertz CT molecular complexity index is 1580. The fourth-order valence-electron chi connectivity index (χ4n) is 5.12. The smallest absolute Gasteiger partial charge is 0.338 e. The van der Waals surface area contributed by atoms with Gasteiger partial charge < -0.3 is 14.4 Å². The van der Waals surface area contributed by atoms with E-state index in [0.29, 0.717) is 18.8 Å². The molecule has 0 aliphatic carbocycles. The van der Waals surface area contributed by atoms with Gasteiger partial charge in [-0.3, -0.25) is 5.10 Å². The number of ether oxygens (including phenoxy) is 1. The van der Waals surface area contributed by atoms with Crippen molar-refractivity contribution in [3.8, 4) is 16.8 Å². The number of rotatable bonds is 4. The van der Waals surface area contributed by atoms with E-state index in [1.54, 1.807) is 24.4 Å². The van der Waals surface area contributed by atoms with Gasteiger partial charge in [-0.25, -0.2) is 13.6 Å². The molecule has 0 radical (unpaired) electrons.